The third kappa shape index (κ3) is 1.93. The fourth-order valence-electron chi connectivity index (χ4n) is 0.960. The van der Waals surface area contributed by atoms with Gasteiger partial charge in [0.25, 0.3) is 6.43 Å². The van der Waals surface area contributed by atoms with Crippen LogP contribution in [-0.2, 0) is 0 Å². The van der Waals surface area contributed by atoms with E-state index in [1.165, 1.54) is 0 Å². The number of hydrogen-bond acceptors (Lipinski definition) is 2. The van der Waals surface area contributed by atoms with Gasteiger partial charge in [0.15, 0.2) is 11.6 Å². The average molecular weight is 226 g/mol. The molecule has 0 aliphatic rings. The van der Waals surface area contributed by atoms with Crippen molar-refractivity contribution in [2.75, 3.05) is 0 Å². The zero-order valence-electron chi connectivity index (χ0n) is 6.85. The molecule has 0 aliphatic carbocycles. The van der Waals surface area contributed by atoms with E-state index in [0.29, 0.717) is 0 Å². The van der Waals surface area contributed by atoms with E-state index in [2.05, 4.69) is 0 Å². The summed E-state index contributed by atoms with van der Waals surface area (Å²) in [6.45, 7) is 0. The van der Waals surface area contributed by atoms with Gasteiger partial charge in [0, 0.05) is 5.56 Å². The number of phenols is 1. The summed E-state index contributed by atoms with van der Waals surface area (Å²) in [6, 6.07) is 0.410. The molecule has 1 atom stereocenters. The Morgan fingerprint density at radius 1 is 1.36 bits per heavy atom. The maximum absolute atomic E-state index is 12.9. The number of phenolic OH excluding ortho intramolecular Hbond substituents is 1. The van der Waals surface area contributed by atoms with Gasteiger partial charge in [-0.1, -0.05) is 17.7 Å². The largest absolute Gasteiger partial charge is 0.505 e. The van der Waals surface area contributed by atoms with Gasteiger partial charge in [-0.25, -0.2) is 13.2 Å². The van der Waals surface area contributed by atoms with Crippen molar-refractivity contribution in [2.45, 2.75) is 12.5 Å². The first-order valence-electron chi connectivity index (χ1n) is 3.65. The molecule has 14 heavy (non-hydrogen) atoms. The van der Waals surface area contributed by atoms with E-state index in [1.54, 1.807) is 0 Å². The Morgan fingerprint density at radius 3 is 2.43 bits per heavy atom. The summed E-state index contributed by atoms with van der Waals surface area (Å²) in [7, 11) is 0. The molecule has 0 amide bonds. The lowest BCUT2D eigenvalue weighted by Crippen LogP contribution is -2.19. The van der Waals surface area contributed by atoms with E-state index in [9.17, 15) is 13.2 Å². The fourth-order valence-corrected chi connectivity index (χ4v) is 1.11. The Labute approximate surface area is 83.1 Å². The van der Waals surface area contributed by atoms with Gasteiger partial charge >= 0.3 is 0 Å². The van der Waals surface area contributed by atoms with Gasteiger partial charge in [0.2, 0.25) is 0 Å². The van der Waals surface area contributed by atoms with Crippen molar-refractivity contribution < 1.29 is 18.3 Å². The van der Waals surface area contributed by atoms with Crippen molar-refractivity contribution >= 4 is 11.6 Å². The minimum absolute atomic E-state index is 0.340. The van der Waals surface area contributed by atoms with Gasteiger partial charge in [-0.2, -0.15) is 0 Å². The summed E-state index contributed by atoms with van der Waals surface area (Å²) in [4.78, 5) is 0. The van der Waals surface area contributed by atoms with E-state index >= 15 is 0 Å². The SMILES string of the molecule is N[C@H](c1ccc(Cl)c(F)c1O)C(F)F. The van der Waals surface area contributed by atoms with Crippen molar-refractivity contribution in [1.29, 1.82) is 0 Å². The molecule has 0 bridgehead atoms. The highest BCUT2D eigenvalue weighted by Crippen LogP contribution is 2.32. The lowest BCUT2D eigenvalue weighted by Gasteiger charge is -2.13. The molecule has 0 aromatic heterocycles. The van der Waals surface area contributed by atoms with Gasteiger partial charge in [-0.15, -0.1) is 0 Å². The molecule has 78 valence electrons. The fraction of sp³-hybridized carbons (Fsp3) is 0.250. The van der Waals surface area contributed by atoms with Crippen LogP contribution in [0.2, 0.25) is 5.02 Å². The first-order valence-corrected chi connectivity index (χ1v) is 4.03. The summed E-state index contributed by atoms with van der Waals surface area (Å²) in [5.41, 5.74) is 4.68. The third-order valence-electron chi connectivity index (χ3n) is 1.73. The quantitative estimate of drug-likeness (QED) is 0.812. The molecule has 0 heterocycles. The van der Waals surface area contributed by atoms with Crippen molar-refractivity contribution in [3.05, 3.63) is 28.5 Å². The average Bonchev–Trinajstić information content (AvgIpc) is 2.13. The minimum atomic E-state index is -2.87. The van der Waals surface area contributed by atoms with Crippen LogP contribution in [0.5, 0.6) is 5.75 Å². The van der Waals surface area contributed by atoms with Crippen molar-refractivity contribution in [2.24, 2.45) is 5.73 Å². The molecule has 1 aromatic rings. The predicted octanol–water partition coefficient (Wildman–Crippen LogP) is 2.45. The third-order valence-corrected chi connectivity index (χ3v) is 2.02. The maximum Gasteiger partial charge on any atom is 0.257 e. The molecule has 0 aliphatic heterocycles. The molecular weight excluding hydrogens is 219 g/mol. The predicted molar refractivity (Wildman–Crippen MR) is 46.0 cm³/mol. The first kappa shape index (κ1) is 11.1. The Kier molecular flexibility index (Phi) is 3.23. The molecule has 3 N–H and O–H groups in total. The number of aromatic hydroxyl groups is 1. The van der Waals surface area contributed by atoms with Crippen LogP contribution in [-0.4, -0.2) is 11.5 Å². The smallest absolute Gasteiger partial charge is 0.257 e. The van der Waals surface area contributed by atoms with Crippen LogP contribution in [0.3, 0.4) is 0 Å². The van der Waals surface area contributed by atoms with E-state index in [0.717, 1.165) is 12.1 Å². The molecule has 0 saturated heterocycles. The highest BCUT2D eigenvalue weighted by Gasteiger charge is 2.23. The molecule has 0 saturated carbocycles. The zero-order chi connectivity index (χ0) is 10.9. The van der Waals surface area contributed by atoms with Gasteiger partial charge in [0.05, 0.1) is 11.1 Å². The Balaban J connectivity index is 3.17. The Hall–Kier alpha value is -0.940. The summed E-state index contributed by atoms with van der Waals surface area (Å²) in [5, 5.41) is 8.78. The molecule has 0 fully saturated rings. The monoisotopic (exact) mass is 225 g/mol. The Bertz CT molecular complexity index is 346. The number of halogens is 4. The van der Waals surface area contributed by atoms with Crippen molar-refractivity contribution in [1.82, 2.24) is 0 Å². The van der Waals surface area contributed by atoms with Crippen LogP contribution in [0, 0.1) is 5.82 Å². The second-order valence-corrected chi connectivity index (χ2v) is 3.07. The molecule has 2 nitrogen and oxygen atoms in total. The maximum atomic E-state index is 12.9. The van der Waals surface area contributed by atoms with E-state index < -0.39 is 24.0 Å². The van der Waals surface area contributed by atoms with Crippen molar-refractivity contribution in [3.8, 4) is 5.75 Å². The van der Waals surface area contributed by atoms with Gasteiger partial charge < -0.3 is 10.8 Å². The van der Waals surface area contributed by atoms with Crippen LogP contribution >= 0.6 is 11.6 Å². The highest BCUT2D eigenvalue weighted by atomic mass is 35.5. The standard InChI is InChI=1S/C8H7ClF3NO/c9-4-2-1-3(6(13)8(11)12)7(14)5(4)10/h1-2,6,8,14H,13H2/t6-/m1/s1. The number of hydrogen-bond donors (Lipinski definition) is 2. The number of benzene rings is 1. The number of alkyl halides is 2. The van der Waals surface area contributed by atoms with Crippen LogP contribution in [0.25, 0.3) is 0 Å². The zero-order valence-corrected chi connectivity index (χ0v) is 7.60. The second kappa shape index (κ2) is 4.06. The molecule has 1 rings (SSSR count). The van der Waals surface area contributed by atoms with E-state index in [1.807, 2.05) is 0 Å². The molecule has 1 aromatic carbocycles. The van der Waals surface area contributed by atoms with Gasteiger partial charge in [-0.3, -0.25) is 0 Å². The highest BCUT2D eigenvalue weighted by molar-refractivity contribution is 6.30. The summed E-state index contributed by atoms with van der Waals surface area (Å²) < 4.78 is 37.2. The molecule has 0 radical (unpaired) electrons. The first-order chi connectivity index (χ1) is 6.45. The van der Waals surface area contributed by atoms with Crippen LogP contribution in [0.15, 0.2) is 12.1 Å². The van der Waals surface area contributed by atoms with Crippen molar-refractivity contribution in [3.63, 3.8) is 0 Å². The second-order valence-electron chi connectivity index (χ2n) is 2.66. The number of nitrogens with two attached hydrogens (primary N) is 1. The number of rotatable bonds is 2. The summed E-state index contributed by atoms with van der Waals surface area (Å²) in [6.07, 6.45) is -2.87. The molecule has 6 heteroatoms. The van der Waals surface area contributed by atoms with E-state index in [4.69, 9.17) is 22.4 Å². The lowest BCUT2D eigenvalue weighted by molar-refractivity contribution is 0.115. The normalized spacial score (nSPS) is 13.3. The minimum Gasteiger partial charge on any atom is -0.505 e. The molecular formula is C8H7ClF3NO. The van der Waals surface area contributed by atoms with Crippen LogP contribution in [0.4, 0.5) is 13.2 Å². The van der Waals surface area contributed by atoms with Crippen LogP contribution < -0.4 is 5.73 Å². The Morgan fingerprint density at radius 2 is 1.93 bits per heavy atom. The lowest BCUT2D eigenvalue weighted by atomic mass is 10.1. The van der Waals surface area contributed by atoms with Gasteiger partial charge in [0.1, 0.15) is 0 Å². The summed E-state index contributed by atoms with van der Waals surface area (Å²) in [5.74, 6) is -2.06. The van der Waals surface area contributed by atoms with Gasteiger partial charge in [-0.05, 0) is 6.07 Å². The molecule has 0 unspecified atom stereocenters. The van der Waals surface area contributed by atoms with Crippen LogP contribution in [0.1, 0.15) is 11.6 Å². The van der Waals surface area contributed by atoms with E-state index in [-0.39, 0.29) is 10.6 Å². The molecule has 0 spiro atoms. The summed E-state index contributed by atoms with van der Waals surface area (Å²) >= 11 is 5.31. The topological polar surface area (TPSA) is 46.2 Å².